The van der Waals surface area contributed by atoms with Crippen molar-refractivity contribution in [3.63, 3.8) is 0 Å². The molecule has 1 unspecified atom stereocenters. The topological polar surface area (TPSA) is 77.2 Å². The van der Waals surface area contributed by atoms with E-state index in [2.05, 4.69) is 4.99 Å². The van der Waals surface area contributed by atoms with E-state index in [-0.39, 0.29) is 18.7 Å². The van der Waals surface area contributed by atoms with Crippen LogP contribution in [0.15, 0.2) is 17.1 Å². The number of methoxy groups -OCH3 is 1. The van der Waals surface area contributed by atoms with Crippen LogP contribution >= 0.6 is 0 Å². The molecular formula is C16H23N3O3. The zero-order chi connectivity index (χ0) is 16.1. The molecule has 0 saturated carbocycles. The lowest BCUT2D eigenvalue weighted by Gasteiger charge is -2.20. The van der Waals surface area contributed by atoms with Crippen molar-refractivity contribution in [3.8, 4) is 11.5 Å². The lowest BCUT2D eigenvalue weighted by atomic mass is 10.1. The zero-order valence-corrected chi connectivity index (χ0v) is 13.3. The van der Waals surface area contributed by atoms with Gasteiger partial charge in [0.15, 0.2) is 11.5 Å². The van der Waals surface area contributed by atoms with Gasteiger partial charge in [-0.2, -0.15) is 0 Å². The molecule has 2 heterocycles. The molecule has 6 heteroatoms. The van der Waals surface area contributed by atoms with Gasteiger partial charge >= 0.3 is 0 Å². The molecule has 0 radical (unpaired) electrons. The number of hydrogen-bond acceptors (Lipinski definition) is 5. The Morgan fingerprint density at radius 2 is 2.14 bits per heavy atom. The summed E-state index contributed by atoms with van der Waals surface area (Å²) in [5.74, 6) is 0.994. The summed E-state index contributed by atoms with van der Waals surface area (Å²) in [6.45, 7) is 4.82. The van der Waals surface area contributed by atoms with Crippen LogP contribution in [0.4, 0.5) is 5.69 Å². The summed E-state index contributed by atoms with van der Waals surface area (Å²) in [4.78, 5) is 18.9. The SMILES string of the molecule is CC.COc1cc2c(cc1OCN)N=CC1CCCN1C2=O. The summed E-state index contributed by atoms with van der Waals surface area (Å²) in [6, 6.07) is 3.48. The summed E-state index contributed by atoms with van der Waals surface area (Å²) in [7, 11) is 1.54. The number of benzene rings is 1. The Morgan fingerprint density at radius 3 is 2.82 bits per heavy atom. The number of ether oxygens (including phenoxy) is 2. The summed E-state index contributed by atoms with van der Waals surface area (Å²) in [5, 5.41) is 0. The zero-order valence-electron chi connectivity index (χ0n) is 13.3. The maximum Gasteiger partial charge on any atom is 0.256 e. The van der Waals surface area contributed by atoms with Crippen LogP contribution in [0.2, 0.25) is 0 Å². The second kappa shape index (κ2) is 7.26. The predicted molar refractivity (Wildman–Crippen MR) is 86.2 cm³/mol. The molecule has 0 aliphatic carbocycles. The van der Waals surface area contributed by atoms with Crippen LogP contribution in [-0.4, -0.2) is 43.4 Å². The minimum atomic E-state index is -0.00222. The van der Waals surface area contributed by atoms with Crippen LogP contribution in [0.5, 0.6) is 11.5 Å². The second-order valence-corrected chi connectivity index (χ2v) is 4.82. The highest BCUT2D eigenvalue weighted by Gasteiger charge is 2.32. The van der Waals surface area contributed by atoms with Crippen molar-refractivity contribution < 1.29 is 14.3 Å². The molecule has 1 aromatic carbocycles. The van der Waals surface area contributed by atoms with Crippen LogP contribution in [0.3, 0.4) is 0 Å². The van der Waals surface area contributed by atoms with E-state index in [1.54, 1.807) is 12.1 Å². The monoisotopic (exact) mass is 305 g/mol. The number of nitrogens with two attached hydrogens (primary N) is 1. The number of hydrogen-bond donors (Lipinski definition) is 1. The van der Waals surface area contributed by atoms with E-state index in [1.165, 1.54) is 7.11 Å². The van der Waals surface area contributed by atoms with Crippen molar-refractivity contribution in [1.82, 2.24) is 4.90 Å². The number of amides is 1. The fraction of sp³-hybridized carbons (Fsp3) is 0.500. The van der Waals surface area contributed by atoms with Gasteiger partial charge in [0.1, 0.15) is 6.73 Å². The number of carbonyl (C=O) groups excluding carboxylic acids is 1. The van der Waals surface area contributed by atoms with Crippen LogP contribution in [0.1, 0.15) is 37.0 Å². The van der Waals surface area contributed by atoms with Gasteiger partial charge in [0.05, 0.1) is 24.4 Å². The highest BCUT2D eigenvalue weighted by atomic mass is 16.5. The normalized spacial score (nSPS) is 18.8. The van der Waals surface area contributed by atoms with E-state index in [0.717, 1.165) is 19.4 Å². The number of fused-ring (bicyclic) bond motifs is 2. The highest BCUT2D eigenvalue weighted by molar-refractivity contribution is 6.03. The fourth-order valence-electron chi connectivity index (χ4n) is 2.71. The van der Waals surface area contributed by atoms with Gasteiger partial charge in [-0.3, -0.25) is 15.5 Å². The van der Waals surface area contributed by atoms with Gasteiger partial charge in [-0.1, -0.05) is 13.8 Å². The molecule has 1 atom stereocenters. The van der Waals surface area contributed by atoms with Crippen LogP contribution in [0, 0.1) is 0 Å². The third kappa shape index (κ3) is 2.92. The molecule has 22 heavy (non-hydrogen) atoms. The molecule has 1 aromatic rings. The van der Waals surface area contributed by atoms with Crippen molar-refractivity contribution in [2.45, 2.75) is 32.7 Å². The first kappa shape index (κ1) is 16.3. The average Bonchev–Trinajstić information content (AvgIpc) is 2.98. The smallest absolute Gasteiger partial charge is 0.256 e. The number of nitrogens with zero attached hydrogens (tertiary/aromatic N) is 2. The molecule has 1 saturated heterocycles. The van der Waals surface area contributed by atoms with Gasteiger partial charge in [-0.05, 0) is 18.9 Å². The molecule has 1 fully saturated rings. The molecule has 3 rings (SSSR count). The standard InChI is InChI=1S/C14H17N3O3.C2H6/c1-19-12-5-10-11(6-13(12)20-8-15)16-7-9-3-2-4-17(9)14(10)18;1-2/h5-7,9H,2-4,8,15H2,1H3;1-2H3. The summed E-state index contributed by atoms with van der Waals surface area (Å²) in [5.41, 5.74) is 6.56. The molecule has 120 valence electrons. The van der Waals surface area contributed by atoms with Gasteiger partial charge in [0, 0.05) is 18.8 Å². The molecule has 2 N–H and O–H groups in total. The van der Waals surface area contributed by atoms with E-state index in [4.69, 9.17) is 15.2 Å². The minimum Gasteiger partial charge on any atom is -0.493 e. The molecular weight excluding hydrogens is 282 g/mol. The summed E-state index contributed by atoms with van der Waals surface area (Å²) < 4.78 is 10.6. The number of carbonyl (C=O) groups is 1. The Kier molecular flexibility index (Phi) is 5.38. The molecule has 2 aliphatic heterocycles. The van der Waals surface area contributed by atoms with Crippen molar-refractivity contribution in [1.29, 1.82) is 0 Å². The lowest BCUT2D eigenvalue weighted by molar-refractivity contribution is 0.0774. The first-order valence-electron chi connectivity index (χ1n) is 7.64. The van der Waals surface area contributed by atoms with E-state index in [1.807, 2.05) is 25.0 Å². The molecule has 2 aliphatic rings. The van der Waals surface area contributed by atoms with E-state index >= 15 is 0 Å². The fourth-order valence-corrected chi connectivity index (χ4v) is 2.71. The average molecular weight is 305 g/mol. The molecule has 0 spiro atoms. The molecule has 6 nitrogen and oxygen atoms in total. The Bertz CT molecular complexity index is 572. The first-order valence-corrected chi connectivity index (χ1v) is 7.64. The minimum absolute atomic E-state index is 0.00222. The van der Waals surface area contributed by atoms with Gasteiger partial charge in [0.2, 0.25) is 0 Å². The maximum atomic E-state index is 12.6. The number of rotatable bonds is 3. The summed E-state index contributed by atoms with van der Waals surface area (Å²) >= 11 is 0. The van der Waals surface area contributed by atoms with Crippen molar-refractivity contribution in [2.75, 3.05) is 20.4 Å². The molecule has 0 bridgehead atoms. The van der Waals surface area contributed by atoms with Gasteiger partial charge < -0.3 is 14.4 Å². The van der Waals surface area contributed by atoms with Crippen molar-refractivity contribution in [2.24, 2.45) is 10.7 Å². The van der Waals surface area contributed by atoms with Gasteiger partial charge in [-0.25, -0.2) is 0 Å². The van der Waals surface area contributed by atoms with Gasteiger partial charge in [0.25, 0.3) is 5.91 Å². The predicted octanol–water partition coefficient (Wildman–Crippen LogP) is 2.34. The summed E-state index contributed by atoms with van der Waals surface area (Å²) in [6.07, 6.45) is 3.82. The molecule has 1 amide bonds. The highest BCUT2D eigenvalue weighted by Crippen LogP contribution is 2.37. The first-order chi connectivity index (χ1) is 10.7. The quantitative estimate of drug-likeness (QED) is 0.870. The van der Waals surface area contributed by atoms with E-state index in [0.29, 0.717) is 22.7 Å². The van der Waals surface area contributed by atoms with E-state index < -0.39 is 0 Å². The lowest BCUT2D eigenvalue weighted by Crippen LogP contribution is -2.35. The second-order valence-electron chi connectivity index (χ2n) is 4.82. The van der Waals surface area contributed by atoms with Gasteiger partial charge in [-0.15, -0.1) is 0 Å². The Hall–Kier alpha value is -2.08. The van der Waals surface area contributed by atoms with Crippen LogP contribution in [-0.2, 0) is 0 Å². The van der Waals surface area contributed by atoms with Crippen LogP contribution < -0.4 is 15.2 Å². The largest absolute Gasteiger partial charge is 0.493 e. The van der Waals surface area contributed by atoms with Crippen molar-refractivity contribution in [3.05, 3.63) is 17.7 Å². The number of aliphatic imine (C=N–C) groups is 1. The Morgan fingerprint density at radius 1 is 1.36 bits per heavy atom. The van der Waals surface area contributed by atoms with Crippen LogP contribution in [0.25, 0.3) is 0 Å². The molecule has 0 aromatic heterocycles. The Balaban J connectivity index is 0.000000847. The Labute approximate surface area is 130 Å². The van der Waals surface area contributed by atoms with E-state index in [9.17, 15) is 4.79 Å². The maximum absolute atomic E-state index is 12.6. The van der Waals surface area contributed by atoms with Crippen molar-refractivity contribution >= 4 is 17.8 Å². The third-order valence-electron chi connectivity index (χ3n) is 3.70. The third-order valence-corrected chi connectivity index (χ3v) is 3.70.